The highest BCUT2D eigenvalue weighted by molar-refractivity contribution is 5.74. The van der Waals surface area contributed by atoms with E-state index in [0.29, 0.717) is 26.1 Å². The van der Waals surface area contributed by atoms with Crippen LogP contribution in [0.4, 0.5) is 4.79 Å². The molecular formula is C12H24N2O5. The Bertz CT molecular complexity index is 273. The fourth-order valence-electron chi connectivity index (χ4n) is 1.59. The number of aliphatic hydroxyl groups is 1. The molecule has 0 radical (unpaired) electrons. The number of carboxylic acid groups (broad SMARTS) is 1. The van der Waals surface area contributed by atoms with E-state index in [1.54, 1.807) is 0 Å². The molecule has 0 aromatic carbocycles. The molecule has 0 spiro atoms. The van der Waals surface area contributed by atoms with Crippen molar-refractivity contribution in [3.63, 3.8) is 0 Å². The van der Waals surface area contributed by atoms with E-state index >= 15 is 0 Å². The second kappa shape index (κ2) is 10.6. The Labute approximate surface area is 113 Å². The molecule has 1 unspecified atom stereocenters. The van der Waals surface area contributed by atoms with E-state index in [-0.39, 0.29) is 31.5 Å². The second-order valence-electron chi connectivity index (χ2n) is 4.26. The van der Waals surface area contributed by atoms with Crippen LogP contribution in [0.2, 0.25) is 0 Å². The lowest BCUT2D eigenvalue weighted by atomic mass is 10.0. The van der Waals surface area contributed by atoms with E-state index in [1.807, 2.05) is 6.92 Å². The highest BCUT2D eigenvalue weighted by atomic mass is 16.5. The lowest BCUT2D eigenvalue weighted by Gasteiger charge is -2.23. The van der Waals surface area contributed by atoms with Gasteiger partial charge in [0.1, 0.15) is 0 Å². The summed E-state index contributed by atoms with van der Waals surface area (Å²) in [7, 11) is 1.54. The van der Waals surface area contributed by atoms with Crippen LogP contribution in [0.1, 0.15) is 19.8 Å². The summed E-state index contributed by atoms with van der Waals surface area (Å²) in [6.07, 6.45) is 0.722. The van der Waals surface area contributed by atoms with Crippen LogP contribution in [-0.4, -0.2) is 67.1 Å². The fraction of sp³-hybridized carbons (Fsp3) is 0.833. The molecule has 3 N–H and O–H groups in total. The molecular weight excluding hydrogens is 252 g/mol. The molecule has 0 aromatic rings. The number of aliphatic carboxylic acids is 1. The number of aliphatic hydroxyl groups excluding tert-OH is 1. The van der Waals surface area contributed by atoms with Crippen LogP contribution in [0.25, 0.3) is 0 Å². The third-order valence-corrected chi connectivity index (χ3v) is 2.81. The van der Waals surface area contributed by atoms with Gasteiger partial charge >= 0.3 is 12.0 Å². The van der Waals surface area contributed by atoms with Crippen LogP contribution >= 0.6 is 0 Å². The normalized spacial score (nSPS) is 11.9. The number of urea groups is 1. The Hall–Kier alpha value is -1.34. The predicted molar refractivity (Wildman–Crippen MR) is 70.0 cm³/mol. The van der Waals surface area contributed by atoms with Gasteiger partial charge < -0.3 is 25.2 Å². The highest BCUT2D eigenvalue weighted by Crippen LogP contribution is 2.06. The molecule has 0 heterocycles. The zero-order chi connectivity index (χ0) is 14.7. The first kappa shape index (κ1) is 17.7. The second-order valence-corrected chi connectivity index (χ2v) is 4.26. The van der Waals surface area contributed by atoms with Gasteiger partial charge in [0.2, 0.25) is 0 Å². The SMILES string of the molecule is CCC(CNC(=O)N(CCO)CCOC)CC(=O)O. The Morgan fingerprint density at radius 3 is 2.53 bits per heavy atom. The number of rotatable bonds is 10. The van der Waals surface area contributed by atoms with Crippen molar-refractivity contribution in [3.05, 3.63) is 0 Å². The molecule has 0 aromatic heterocycles. The first-order valence-electron chi connectivity index (χ1n) is 6.39. The van der Waals surface area contributed by atoms with Crippen molar-refractivity contribution in [3.8, 4) is 0 Å². The number of hydrogen-bond acceptors (Lipinski definition) is 4. The molecule has 0 aliphatic heterocycles. The summed E-state index contributed by atoms with van der Waals surface area (Å²) in [4.78, 5) is 23.9. The quantitative estimate of drug-likeness (QED) is 0.527. The summed E-state index contributed by atoms with van der Waals surface area (Å²) in [6.45, 7) is 3.08. The third-order valence-electron chi connectivity index (χ3n) is 2.81. The van der Waals surface area contributed by atoms with Gasteiger partial charge in [-0.25, -0.2) is 4.79 Å². The molecule has 0 fully saturated rings. The van der Waals surface area contributed by atoms with Crippen LogP contribution < -0.4 is 5.32 Å². The van der Waals surface area contributed by atoms with Crippen molar-refractivity contribution in [2.45, 2.75) is 19.8 Å². The summed E-state index contributed by atoms with van der Waals surface area (Å²) in [6, 6.07) is -0.310. The molecule has 7 nitrogen and oxygen atoms in total. The van der Waals surface area contributed by atoms with Gasteiger partial charge in [-0.15, -0.1) is 0 Å². The number of methoxy groups -OCH3 is 1. The number of hydrogen-bond donors (Lipinski definition) is 3. The van der Waals surface area contributed by atoms with Crippen molar-refractivity contribution in [1.29, 1.82) is 0 Å². The van der Waals surface area contributed by atoms with Crippen LogP contribution in [-0.2, 0) is 9.53 Å². The van der Waals surface area contributed by atoms with Gasteiger partial charge in [0.25, 0.3) is 0 Å². The van der Waals surface area contributed by atoms with Crippen LogP contribution in [0.5, 0.6) is 0 Å². The maximum atomic E-state index is 11.8. The maximum absolute atomic E-state index is 11.8. The predicted octanol–water partition coefficient (Wildman–Crippen LogP) is 0.138. The molecule has 7 heteroatoms. The number of carbonyl (C=O) groups excluding carboxylic acids is 1. The van der Waals surface area contributed by atoms with Gasteiger partial charge in [-0.2, -0.15) is 0 Å². The minimum Gasteiger partial charge on any atom is -0.481 e. The Morgan fingerprint density at radius 2 is 2.05 bits per heavy atom. The molecule has 2 amide bonds. The van der Waals surface area contributed by atoms with Crippen LogP contribution in [0.3, 0.4) is 0 Å². The zero-order valence-corrected chi connectivity index (χ0v) is 11.6. The molecule has 19 heavy (non-hydrogen) atoms. The van der Waals surface area contributed by atoms with E-state index in [1.165, 1.54) is 12.0 Å². The minimum atomic E-state index is -0.868. The lowest BCUT2D eigenvalue weighted by Crippen LogP contribution is -2.44. The molecule has 112 valence electrons. The Morgan fingerprint density at radius 1 is 1.37 bits per heavy atom. The van der Waals surface area contributed by atoms with E-state index in [9.17, 15) is 9.59 Å². The molecule has 0 aliphatic carbocycles. The zero-order valence-electron chi connectivity index (χ0n) is 11.6. The number of ether oxygens (including phenoxy) is 1. The number of carboxylic acids is 1. The number of nitrogens with one attached hydrogen (secondary N) is 1. The van der Waals surface area contributed by atoms with Gasteiger partial charge in [-0.1, -0.05) is 13.3 Å². The largest absolute Gasteiger partial charge is 0.481 e. The molecule has 0 rings (SSSR count). The third kappa shape index (κ3) is 8.39. The van der Waals surface area contributed by atoms with Gasteiger partial charge in [0.05, 0.1) is 13.2 Å². The fourth-order valence-corrected chi connectivity index (χ4v) is 1.59. The highest BCUT2D eigenvalue weighted by Gasteiger charge is 2.16. The van der Waals surface area contributed by atoms with Crippen molar-refractivity contribution in [2.75, 3.05) is 40.0 Å². The van der Waals surface area contributed by atoms with Gasteiger partial charge in [0.15, 0.2) is 0 Å². The van der Waals surface area contributed by atoms with Crippen molar-refractivity contribution >= 4 is 12.0 Å². The first-order chi connectivity index (χ1) is 9.04. The smallest absolute Gasteiger partial charge is 0.317 e. The van der Waals surface area contributed by atoms with Crippen LogP contribution in [0, 0.1) is 5.92 Å². The van der Waals surface area contributed by atoms with E-state index < -0.39 is 5.97 Å². The van der Waals surface area contributed by atoms with Crippen molar-refractivity contribution in [1.82, 2.24) is 10.2 Å². The van der Waals surface area contributed by atoms with Crippen molar-refractivity contribution in [2.24, 2.45) is 5.92 Å². The molecule has 0 saturated carbocycles. The summed E-state index contributed by atoms with van der Waals surface area (Å²) < 4.78 is 4.89. The number of amides is 2. The number of nitrogens with zero attached hydrogens (tertiary/aromatic N) is 1. The topological polar surface area (TPSA) is 99.1 Å². The van der Waals surface area contributed by atoms with Gasteiger partial charge in [-0.05, 0) is 5.92 Å². The monoisotopic (exact) mass is 276 g/mol. The standard InChI is InChI=1S/C12H24N2O5/c1-3-10(8-11(16)17)9-13-12(18)14(4-6-15)5-7-19-2/h10,15H,3-9H2,1-2H3,(H,13,18)(H,16,17). The van der Waals surface area contributed by atoms with Gasteiger partial charge in [-0.3, -0.25) is 4.79 Å². The molecule has 0 aliphatic rings. The maximum Gasteiger partial charge on any atom is 0.317 e. The molecule has 0 saturated heterocycles. The summed E-state index contributed by atoms with van der Waals surface area (Å²) in [5.74, 6) is -0.951. The summed E-state index contributed by atoms with van der Waals surface area (Å²) in [5.41, 5.74) is 0. The van der Waals surface area contributed by atoms with Crippen LogP contribution in [0.15, 0.2) is 0 Å². The Balaban J connectivity index is 4.18. The summed E-state index contributed by atoms with van der Waals surface area (Å²) >= 11 is 0. The van der Waals surface area contributed by atoms with Gasteiger partial charge in [0, 0.05) is 33.2 Å². The lowest BCUT2D eigenvalue weighted by molar-refractivity contribution is -0.138. The minimum absolute atomic E-state index is 0.0366. The average Bonchev–Trinajstić information content (AvgIpc) is 2.38. The molecule has 0 bridgehead atoms. The van der Waals surface area contributed by atoms with E-state index in [2.05, 4.69) is 5.32 Å². The van der Waals surface area contributed by atoms with Crippen molar-refractivity contribution < 1.29 is 24.5 Å². The Kier molecular flexibility index (Phi) is 9.82. The van der Waals surface area contributed by atoms with E-state index in [4.69, 9.17) is 14.9 Å². The summed E-state index contributed by atoms with van der Waals surface area (Å²) in [5, 5.41) is 20.3. The average molecular weight is 276 g/mol. The van der Waals surface area contributed by atoms with E-state index in [0.717, 1.165) is 0 Å². The number of carbonyl (C=O) groups is 2. The molecule has 1 atom stereocenters. The first-order valence-corrected chi connectivity index (χ1v) is 6.39.